The minimum Gasteiger partial charge on any atom is -0.478 e. The van der Waals surface area contributed by atoms with Gasteiger partial charge in [-0.25, -0.2) is 9.18 Å². The van der Waals surface area contributed by atoms with Crippen molar-refractivity contribution in [1.29, 1.82) is 0 Å². The third kappa shape index (κ3) is 1.80. The molecule has 1 aliphatic heterocycles. The predicted octanol–water partition coefficient (Wildman–Crippen LogP) is 1.71. The molecule has 2 rings (SSSR count). The Kier molecular flexibility index (Phi) is 2.68. The van der Waals surface area contributed by atoms with Gasteiger partial charge in [0.25, 0.3) is 0 Å². The van der Waals surface area contributed by atoms with Gasteiger partial charge in [0.05, 0.1) is 16.9 Å². The van der Waals surface area contributed by atoms with Crippen LogP contribution in [-0.4, -0.2) is 24.2 Å². The van der Waals surface area contributed by atoms with Crippen molar-refractivity contribution in [3.05, 3.63) is 23.5 Å². The van der Waals surface area contributed by atoms with Crippen LogP contribution in [0.5, 0.6) is 0 Å². The van der Waals surface area contributed by atoms with E-state index in [4.69, 9.17) is 10.8 Å². The monoisotopic (exact) mass is 224 g/mol. The lowest BCUT2D eigenvalue weighted by Gasteiger charge is -2.20. The maximum absolute atomic E-state index is 13.7. The van der Waals surface area contributed by atoms with Gasteiger partial charge in [-0.15, -0.1) is 0 Å². The van der Waals surface area contributed by atoms with Gasteiger partial charge in [0, 0.05) is 13.1 Å². The molecule has 5 heteroatoms. The van der Waals surface area contributed by atoms with Crippen LogP contribution in [0, 0.1) is 5.82 Å². The first-order valence-electron chi connectivity index (χ1n) is 5.17. The fraction of sp³-hybridized carbons (Fsp3) is 0.364. The molecule has 86 valence electrons. The Bertz CT molecular complexity index is 405. The molecule has 0 radical (unpaired) electrons. The Balaban J connectivity index is 2.42. The molecular weight excluding hydrogens is 211 g/mol. The number of rotatable bonds is 2. The molecule has 1 fully saturated rings. The molecule has 0 aliphatic carbocycles. The number of nitrogens with zero attached hydrogens (tertiary/aromatic N) is 1. The zero-order valence-corrected chi connectivity index (χ0v) is 8.74. The van der Waals surface area contributed by atoms with E-state index >= 15 is 0 Å². The van der Waals surface area contributed by atoms with Crippen molar-refractivity contribution in [1.82, 2.24) is 0 Å². The molecule has 4 nitrogen and oxygen atoms in total. The van der Waals surface area contributed by atoms with Crippen LogP contribution in [0.2, 0.25) is 0 Å². The van der Waals surface area contributed by atoms with Crippen LogP contribution in [0.1, 0.15) is 23.2 Å². The summed E-state index contributed by atoms with van der Waals surface area (Å²) >= 11 is 0. The molecule has 0 atom stereocenters. The first kappa shape index (κ1) is 10.7. The van der Waals surface area contributed by atoms with Crippen LogP contribution < -0.4 is 10.6 Å². The van der Waals surface area contributed by atoms with E-state index in [9.17, 15) is 9.18 Å². The number of aromatic carboxylic acids is 1. The van der Waals surface area contributed by atoms with Crippen molar-refractivity contribution in [2.24, 2.45) is 0 Å². The van der Waals surface area contributed by atoms with Gasteiger partial charge in [-0.1, -0.05) is 0 Å². The van der Waals surface area contributed by atoms with E-state index in [1.807, 2.05) is 4.90 Å². The molecule has 1 aromatic carbocycles. The molecule has 1 aliphatic rings. The highest BCUT2D eigenvalue weighted by Crippen LogP contribution is 2.30. The highest BCUT2D eigenvalue weighted by molar-refractivity contribution is 5.90. The molecule has 0 bridgehead atoms. The van der Waals surface area contributed by atoms with E-state index in [0.29, 0.717) is 5.69 Å². The van der Waals surface area contributed by atoms with Gasteiger partial charge in [-0.3, -0.25) is 0 Å². The summed E-state index contributed by atoms with van der Waals surface area (Å²) in [6.07, 6.45) is 2.03. The Morgan fingerprint density at radius 2 is 2.00 bits per heavy atom. The number of benzene rings is 1. The minimum atomic E-state index is -1.17. The van der Waals surface area contributed by atoms with Gasteiger partial charge < -0.3 is 15.7 Å². The van der Waals surface area contributed by atoms with Gasteiger partial charge in [0.2, 0.25) is 0 Å². The van der Waals surface area contributed by atoms with Crippen molar-refractivity contribution in [2.45, 2.75) is 12.8 Å². The Morgan fingerprint density at radius 3 is 2.50 bits per heavy atom. The molecular formula is C11H13FN2O2. The van der Waals surface area contributed by atoms with Gasteiger partial charge in [-0.05, 0) is 25.0 Å². The maximum atomic E-state index is 13.7. The van der Waals surface area contributed by atoms with Crippen molar-refractivity contribution in [2.75, 3.05) is 23.7 Å². The number of carboxylic acid groups (broad SMARTS) is 1. The van der Waals surface area contributed by atoms with E-state index in [1.165, 1.54) is 6.07 Å². The summed E-state index contributed by atoms with van der Waals surface area (Å²) in [6, 6.07) is 2.32. The van der Waals surface area contributed by atoms with Crippen molar-refractivity contribution in [3.63, 3.8) is 0 Å². The van der Waals surface area contributed by atoms with Crippen LogP contribution in [0.25, 0.3) is 0 Å². The summed E-state index contributed by atoms with van der Waals surface area (Å²) in [5, 5.41) is 8.75. The average Bonchev–Trinajstić information content (AvgIpc) is 2.69. The third-order valence-electron chi connectivity index (χ3n) is 2.76. The van der Waals surface area contributed by atoms with Gasteiger partial charge in [0.15, 0.2) is 0 Å². The minimum absolute atomic E-state index is 0.113. The first-order chi connectivity index (χ1) is 7.59. The lowest BCUT2D eigenvalue weighted by atomic mass is 10.1. The lowest BCUT2D eigenvalue weighted by Crippen LogP contribution is -2.21. The molecule has 1 heterocycles. The number of hydrogen-bond donors (Lipinski definition) is 2. The van der Waals surface area contributed by atoms with E-state index in [1.54, 1.807) is 0 Å². The molecule has 0 unspecified atom stereocenters. The van der Waals surface area contributed by atoms with Crippen LogP contribution >= 0.6 is 0 Å². The van der Waals surface area contributed by atoms with Crippen LogP contribution in [0.3, 0.4) is 0 Å². The zero-order valence-electron chi connectivity index (χ0n) is 8.74. The predicted molar refractivity (Wildman–Crippen MR) is 59.2 cm³/mol. The van der Waals surface area contributed by atoms with Gasteiger partial charge in [-0.2, -0.15) is 0 Å². The first-order valence-corrected chi connectivity index (χ1v) is 5.17. The molecule has 1 saturated heterocycles. The third-order valence-corrected chi connectivity index (χ3v) is 2.76. The summed E-state index contributed by atoms with van der Waals surface area (Å²) in [7, 11) is 0. The van der Waals surface area contributed by atoms with E-state index in [2.05, 4.69) is 0 Å². The molecule has 3 N–H and O–H groups in total. The van der Waals surface area contributed by atoms with Crippen molar-refractivity contribution >= 4 is 17.3 Å². The molecule has 0 spiro atoms. The number of nitrogen functional groups attached to an aromatic ring is 1. The maximum Gasteiger partial charge on any atom is 0.335 e. The molecule has 1 aromatic rings. The largest absolute Gasteiger partial charge is 0.478 e. The molecule has 0 amide bonds. The van der Waals surface area contributed by atoms with E-state index in [-0.39, 0.29) is 11.3 Å². The zero-order chi connectivity index (χ0) is 11.7. The number of nitrogens with two attached hydrogens (primary N) is 1. The van der Waals surface area contributed by atoms with Crippen LogP contribution in [0.4, 0.5) is 15.8 Å². The standard InChI is InChI=1S/C11H13FN2O2/c12-8-5-7(11(15)16)6-9(13)10(8)14-3-1-2-4-14/h5-6H,1-4,13H2,(H,15,16). The van der Waals surface area contributed by atoms with E-state index < -0.39 is 11.8 Å². The van der Waals surface area contributed by atoms with Crippen molar-refractivity contribution in [3.8, 4) is 0 Å². The summed E-state index contributed by atoms with van der Waals surface area (Å²) in [6.45, 7) is 1.54. The van der Waals surface area contributed by atoms with E-state index in [0.717, 1.165) is 32.0 Å². The Labute approximate surface area is 92.5 Å². The second kappa shape index (κ2) is 4.00. The molecule has 0 saturated carbocycles. The van der Waals surface area contributed by atoms with Gasteiger partial charge in [0.1, 0.15) is 5.82 Å². The average molecular weight is 224 g/mol. The summed E-state index contributed by atoms with van der Waals surface area (Å²) in [5.41, 5.74) is 6.11. The van der Waals surface area contributed by atoms with Crippen molar-refractivity contribution < 1.29 is 14.3 Å². The Hall–Kier alpha value is -1.78. The van der Waals surface area contributed by atoms with Gasteiger partial charge >= 0.3 is 5.97 Å². The normalized spacial score (nSPS) is 15.4. The lowest BCUT2D eigenvalue weighted by molar-refractivity contribution is 0.0696. The number of anilines is 2. The molecule has 16 heavy (non-hydrogen) atoms. The summed E-state index contributed by atoms with van der Waals surface area (Å²) in [5.74, 6) is -1.72. The second-order valence-electron chi connectivity index (χ2n) is 3.90. The summed E-state index contributed by atoms with van der Waals surface area (Å²) < 4.78 is 13.7. The highest BCUT2D eigenvalue weighted by atomic mass is 19.1. The second-order valence-corrected chi connectivity index (χ2v) is 3.90. The van der Waals surface area contributed by atoms with Crippen LogP contribution in [0.15, 0.2) is 12.1 Å². The fourth-order valence-corrected chi connectivity index (χ4v) is 2.02. The fourth-order valence-electron chi connectivity index (χ4n) is 2.02. The number of hydrogen-bond acceptors (Lipinski definition) is 3. The summed E-state index contributed by atoms with van der Waals surface area (Å²) in [4.78, 5) is 12.6. The Morgan fingerprint density at radius 1 is 1.38 bits per heavy atom. The molecule has 0 aromatic heterocycles. The smallest absolute Gasteiger partial charge is 0.335 e. The number of halogens is 1. The topological polar surface area (TPSA) is 66.6 Å². The van der Waals surface area contributed by atoms with Crippen LogP contribution in [-0.2, 0) is 0 Å². The SMILES string of the molecule is Nc1cc(C(=O)O)cc(F)c1N1CCCC1. The number of carbonyl (C=O) groups is 1. The highest BCUT2D eigenvalue weighted by Gasteiger charge is 2.20. The quantitative estimate of drug-likeness (QED) is 0.750. The number of carboxylic acids is 1.